The first-order chi connectivity index (χ1) is 12.9. The summed E-state index contributed by atoms with van der Waals surface area (Å²) in [5.41, 5.74) is 1.72. The maximum Gasteiger partial charge on any atom is 0.321 e. The van der Waals surface area contributed by atoms with Crippen LogP contribution in [0.4, 0.5) is 10.5 Å². The summed E-state index contributed by atoms with van der Waals surface area (Å²) in [7, 11) is -3.55. The van der Waals surface area contributed by atoms with Crippen LogP contribution in [-0.2, 0) is 10.0 Å². The van der Waals surface area contributed by atoms with Gasteiger partial charge in [0.15, 0.2) is 0 Å². The number of amides is 2. The van der Waals surface area contributed by atoms with Crippen LogP contribution in [0.15, 0.2) is 53.7 Å². The molecule has 3 rings (SSSR count). The first kappa shape index (κ1) is 19.3. The van der Waals surface area contributed by atoms with Crippen molar-refractivity contribution in [3.63, 3.8) is 0 Å². The molecule has 1 aromatic heterocycles. The maximum atomic E-state index is 12.8. The number of pyridine rings is 1. The van der Waals surface area contributed by atoms with Crippen LogP contribution in [0, 0.1) is 0 Å². The van der Waals surface area contributed by atoms with Gasteiger partial charge >= 0.3 is 6.03 Å². The monoisotopic (exact) mass is 388 g/mol. The summed E-state index contributed by atoms with van der Waals surface area (Å²) in [5.74, 6) is 0.351. The van der Waals surface area contributed by atoms with Crippen LogP contribution < -0.4 is 5.32 Å². The zero-order valence-corrected chi connectivity index (χ0v) is 16.3. The Morgan fingerprint density at radius 3 is 2.30 bits per heavy atom. The van der Waals surface area contributed by atoms with Crippen LogP contribution in [0.2, 0.25) is 0 Å². The van der Waals surface area contributed by atoms with E-state index in [0.29, 0.717) is 29.6 Å². The number of anilines is 1. The predicted molar refractivity (Wildman–Crippen MR) is 104 cm³/mol. The summed E-state index contributed by atoms with van der Waals surface area (Å²) in [5, 5.41) is 2.77. The quantitative estimate of drug-likeness (QED) is 0.873. The molecule has 1 N–H and O–H groups in total. The highest BCUT2D eigenvalue weighted by atomic mass is 32.2. The van der Waals surface area contributed by atoms with Crippen LogP contribution in [0.3, 0.4) is 0 Å². The SMILES string of the molecule is CC(C)c1ccc(S(=O)(=O)N2CCN(C(=O)Nc3cccnc3)CC2)cc1. The summed E-state index contributed by atoms with van der Waals surface area (Å²) in [6.07, 6.45) is 3.20. The van der Waals surface area contributed by atoms with E-state index in [1.807, 2.05) is 12.1 Å². The van der Waals surface area contributed by atoms with E-state index in [9.17, 15) is 13.2 Å². The van der Waals surface area contributed by atoms with E-state index in [1.165, 1.54) is 4.31 Å². The van der Waals surface area contributed by atoms with Crippen molar-refractivity contribution in [3.05, 3.63) is 54.4 Å². The molecular formula is C19H24N4O3S. The van der Waals surface area contributed by atoms with Gasteiger partial charge in [-0.3, -0.25) is 4.98 Å². The molecule has 1 aliphatic heterocycles. The number of hydrogen-bond acceptors (Lipinski definition) is 4. The number of rotatable bonds is 4. The summed E-state index contributed by atoms with van der Waals surface area (Å²) >= 11 is 0. The predicted octanol–water partition coefficient (Wildman–Crippen LogP) is 2.74. The number of nitrogens with one attached hydrogen (secondary N) is 1. The number of sulfonamides is 1. The van der Waals surface area contributed by atoms with Gasteiger partial charge in [-0.15, -0.1) is 0 Å². The van der Waals surface area contributed by atoms with Gasteiger partial charge < -0.3 is 10.2 Å². The smallest absolute Gasteiger partial charge is 0.321 e. The van der Waals surface area contributed by atoms with Gasteiger partial charge in [-0.25, -0.2) is 13.2 Å². The lowest BCUT2D eigenvalue weighted by molar-refractivity contribution is 0.184. The van der Waals surface area contributed by atoms with Crippen molar-refractivity contribution in [2.24, 2.45) is 0 Å². The third-order valence-corrected chi connectivity index (χ3v) is 6.54. The number of carbonyl (C=O) groups excluding carboxylic acids is 1. The van der Waals surface area contributed by atoms with Gasteiger partial charge in [0, 0.05) is 32.4 Å². The highest BCUT2D eigenvalue weighted by Gasteiger charge is 2.30. The van der Waals surface area contributed by atoms with Crippen molar-refractivity contribution in [1.82, 2.24) is 14.2 Å². The third-order valence-electron chi connectivity index (χ3n) is 4.62. The molecule has 0 saturated carbocycles. The first-order valence-corrected chi connectivity index (χ1v) is 10.4. The van der Waals surface area contributed by atoms with E-state index in [4.69, 9.17) is 0 Å². The second kappa shape index (κ2) is 8.06. The molecule has 2 amide bonds. The van der Waals surface area contributed by atoms with Crippen molar-refractivity contribution in [3.8, 4) is 0 Å². The molecule has 1 aliphatic rings. The molecule has 0 atom stereocenters. The van der Waals surface area contributed by atoms with Crippen LogP contribution in [0.5, 0.6) is 0 Å². The molecule has 0 spiro atoms. The van der Waals surface area contributed by atoms with Gasteiger partial charge in [-0.2, -0.15) is 4.31 Å². The number of aromatic nitrogens is 1. The van der Waals surface area contributed by atoms with Crippen molar-refractivity contribution in [2.45, 2.75) is 24.7 Å². The largest absolute Gasteiger partial charge is 0.322 e. The van der Waals surface area contributed by atoms with Gasteiger partial charge in [-0.1, -0.05) is 26.0 Å². The van der Waals surface area contributed by atoms with Crippen molar-refractivity contribution >= 4 is 21.7 Å². The number of carbonyl (C=O) groups is 1. The molecule has 1 saturated heterocycles. The Bertz CT molecular complexity index is 875. The van der Waals surface area contributed by atoms with E-state index >= 15 is 0 Å². The van der Waals surface area contributed by atoms with Crippen molar-refractivity contribution < 1.29 is 13.2 Å². The average Bonchev–Trinajstić information content (AvgIpc) is 2.69. The highest BCUT2D eigenvalue weighted by molar-refractivity contribution is 7.89. The van der Waals surface area contributed by atoms with Gasteiger partial charge in [0.2, 0.25) is 10.0 Å². The molecule has 2 heterocycles. The van der Waals surface area contributed by atoms with Crippen molar-refractivity contribution in [1.29, 1.82) is 0 Å². The first-order valence-electron chi connectivity index (χ1n) is 8.94. The van der Waals surface area contributed by atoms with E-state index in [0.717, 1.165) is 5.56 Å². The minimum atomic E-state index is -3.55. The Labute approximate surface area is 160 Å². The summed E-state index contributed by atoms with van der Waals surface area (Å²) in [6.45, 7) is 5.37. The molecule has 0 aliphatic carbocycles. The average molecular weight is 388 g/mol. The van der Waals surface area contributed by atoms with Crippen LogP contribution >= 0.6 is 0 Å². The molecule has 144 valence electrons. The molecular weight excluding hydrogens is 364 g/mol. The summed E-state index contributed by atoms with van der Waals surface area (Å²) in [4.78, 5) is 18.2. The minimum absolute atomic E-state index is 0.249. The fourth-order valence-corrected chi connectivity index (χ4v) is 4.37. The lowest BCUT2D eigenvalue weighted by atomic mass is 10.0. The summed E-state index contributed by atoms with van der Waals surface area (Å²) < 4.78 is 27.1. The van der Waals surface area contributed by atoms with Gasteiger partial charge in [0.05, 0.1) is 16.8 Å². The minimum Gasteiger partial charge on any atom is -0.322 e. The van der Waals surface area contributed by atoms with E-state index < -0.39 is 10.0 Å². The molecule has 8 heteroatoms. The maximum absolute atomic E-state index is 12.8. The Hall–Kier alpha value is -2.45. The second-order valence-electron chi connectivity index (χ2n) is 6.79. The lowest BCUT2D eigenvalue weighted by Gasteiger charge is -2.34. The topological polar surface area (TPSA) is 82.6 Å². The standard InChI is InChI=1S/C19H24N4O3S/c1-15(2)16-5-7-18(8-6-16)27(25,26)23-12-10-22(11-13-23)19(24)21-17-4-3-9-20-14-17/h3-9,14-15H,10-13H2,1-2H3,(H,21,24). The van der Waals surface area contributed by atoms with Gasteiger partial charge in [0.25, 0.3) is 0 Å². The number of benzene rings is 1. The molecule has 7 nitrogen and oxygen atoms in total. The Balaban J connectivity index is 1.61. The number of hydrogen-bond donors (Lipinski definition) is 1. The zero-order valence-electron chi connectivity index (χ0n) is 15.5. The number of urea groups is 1. The van der Waals surface area contributed by atoms with Crippen LogP contribution in [0.1, 0.15) is 25.3 Å². The van der Waals surface area contributed by atoms with E-state index in [2.05, 4.69) is 24.1 Å². The lowest BCUT2D eigenvalue weighted by Crippen LogP contribution is -2.51. The fraction of sp³-hybridized carbons (Fsp3) is 0.368. The zero-order chi connectivity index (χ0) is 19.4. The highest BCUT2D eigenvalue weighted by Crippen LogP contribution is 2.21. The van der Waals surface area contributed by atoms with Crippen LogP contribution in [-0.4, -0.2) is 54.8 Å². The Morgan fingerprint density at radius 1 is 1.07 bits per heavy atom. The molecule has 1 fully saturated rings. The molecule has 1 aromatic carbocycles. The Morgan fingerprint density at radius 2 is 1.74 bits per heavy atom. The molecule has 0 unspecified atom stereocenters. The van der Waals surface area contributed by atoms with E-state index in [1.54, 1.807) is 41.6 Å². The van der Waals surface area contributed by atoms with Crippen LogP contribution in [0.25, 0.3) is 0 Å². The normalized spacial score (nSPS) is 15.7. The molecule has 2 aromatic rings. The van der Waals surface area contributed by atoms with Gasteiger partial charge in [0.1, 0.15) is 0 Å². The third kappa shape index (κ3) is 4.45. The molecule has 27 heavy (non-hydrogen) atoms. The van der Waals surface area contributed by atoms with E-state index in [-0.39, 0.29) is 19.1 Å². The number of piperazine rings is 1. The molecule has 0 bridgehead atoms. The molecule has 0 radical (unpaired) electrons. The Kier molecular flexibility index (Phi) is 5.76. The second-order valence-corrected chi connectivity index (χ2v) is 8.72. The fourth-order valence-electron chi connectivity index (χ4n) is 2.94. The summed E-state index contributed by atoms with van der Waals surface area (Å²) in [6, 6.07) is 10.3. The van der Waals surface area contributed by atoms with Gasteiger partial charge in [-0.05, 0) is 35.7 Å². The number of nitrogens with zero attached hydrogens (tertiary/aromatic N) is 3. The van der Waals surface area contributed by atoms with Crippen molar-refractivity contribution in [2.75, 3.05) is 31.5 Å².